The van der Waals surface area contributed by atoms with E-state index in [4.69, 9.17) is 0 Å². The molecule has 28 valence electrons. The minimum absolute atomic E-state index is 0. The average Bonchev–Trinajstić information content (AvgIpc) is 1.00. The third kappa shape index (κ3) is 44.6. The molecule has 0 bridgehead atoms. The predicted octanol–water partition coefficient (Wildman–Crippen LogP) is -4.87. The zero-order valence-corrected chi connectivity index (χ0v) is 8.83. The topological polar surface area (TPSA) is 70.0 Å². The zero-order chi connectivity index (χ0) is 2.00. The van der Waals surface area contributed by atoms with E-state index in [0.29, 0.717) is 0 Å². The van der Waals surface area contributed by atoms with Crippen LogP contribution in [0.2, 0.25) is 0 Å². The quantitative estimate of drug-likeness (QED) is 0.241. The van der Waals surface area contributed by atoms with Crippen LogP contribution in [0.15, 0.2) is 13.2 Å². The normalized spacial score (nSPS) is 0.667. The van der Waals surface area contributed by atoms with E-state index >= 15 is 0 Å². The Labute approximate surface area is 83.5 Å². The Kier molecular flexibility index (Phi) is 620. The number of rotatable bonds is 0. The maximum atomic E-state index is 3.00. The molecular weight excluding hydrogens is 98.0 g/mol. The number of hydrogen-bond acceptors (Lipinski definition) is 2. The van der Waals surface area contributed by atoms with Crippen LogP contribution in [0.5, 0.6) is 0 Å². The molecule has 0 aliphatic heterocycles. The van der Waals surface area contributed by atoms with Crippen molar-refractivity contribution >= 4 is 0 Å². The standard InChI is InChI=1S/C2H4.2H3N.2Na/c1-2;;;;/h1-2H2;2*1H3;;/q;;;2*+1. The molecule has 0 rings (SSSR count). The van der Waals surface area contributed by atoms with Crippen molar-refractivity contribution in [3.05, 3.63) is 13.2 Å². The van der Waals surface area contributed by atoms with Crippen molar-refractivity contribution in [1.29, 1.82) is 0 Å². The van der Waals surface area contributed by atoms with Gasteiger partial charge in [-0.3, -0.25) is 0 Å². The van der Waals surface area contributed by atoms with E-state index in [0.717, 1.165) is 0 Å². The van der Waals surface area contributed by atoms with Crippen LogP contribution in [-0.4, -0.2) is 0 Å². The second-order valence-electron chi connectivity index (χ2n) is 0. The fourth-order valence-corrected chi connectivity index (χ4v) is 0. The summed E-state index contributed by atoms with van der Waals surface area (Å²) in [5.74, 6) is 0. The third-order valence-electron chi connectivity index (χ3n) is 0. The van der Waals surface area contributed by atoms with Gasteiger partial charge in [-0.05, 0) is 0 Å². The van der Waals surface area contributed by atoms with Crippen molar-refractivity contribution in [3.63, 3.8) is 0 Å². The van der Waals surface area contributed by atoms with Gasteiger partial charge in [-0.15, -0.1) is 13.2 Å². The molecule has 0 atom stereocenters. The first-order valence-electron chi connectivity index (χ1n) is 0.500. The van der Waals surface area contributed by atoms with Gasteiger partial charge in [-0.2, -0.15) is 0 Å². The van der Waals surface area contributed by atoms with E-state index in [1.54, 1.807) is 0 Å². The first-order chi connectivity index (χ1) is 1.00. The first-order valence-corrected chi connectivity index (χ1v) is 0.500. The summed E-state index contributed by atoms with van der Waals surface area (Å²) in [4.78, 5) is 0. The monoisotopic (exact) mass is 108 g/mol. The molecule has 0 radical (unpaired) electrons. The Morgan fingerprint density at radius 1 is 0.667 bits per heavy atom. The van der Waals surface area contributed by atoms with Crippen LogP contribution < -0.4 is 71.4 Å². The van der Waals surface area contributed by atoms with E-state index in [2.05, 4.69) is 13.2 Å². The van der Waals surface area contributed by atoms with Crippen molar-refractivity contribution in [2.24, 2.45) is 0 Å². The van der Waals surface area contributed by atoms with Gasteiger partial charge < -0.3 is 12.3 Å². The fraction of sp³-hybridized carbons (Fsp3) is 0. The Hall–Kier alpha value is 1.66. The van der Waals surface area contributed by atoms with Gasteiger partial charge in [0.1, 0.15) is 0 Å². The zero-order valence-electron chi connectivity index (χ0n) is 4.83. The summed E-state index contributed by atoms with van der Waals surface area (Å²) < 4.78 is 0. The molecule has 0 saturated carbocycles. The number of hydrogen-bond donors (Lipinski definition) is 2. The van der Waals surface area contributed by atoms with Crippen LogP contribution in [0.3, 0.4) is 0 Å². The Morgan fingerprint density at radius 3 is 0.667 bits per heavy atom. The SMILES string of the molecule is C=C.N.N.[Na+].[Na+]. The van der Waals surface area contributed by atoms with E-state index in [-0.39, 0.29) is 71.4 Å². The molecule has 0 aromatic heterocycles. The molecule has 0 aliphatic rings. The van der Waals surface area contributed by atoms with Crippen LogP contribution in [0, 0.1) is 0 Å². The molecule has 0 aliphatic carbocycles. The minimum atomic E-state index is 0. The van der Waals surface area contributed by atoms with Crippen LogP contribution in [0.1, 0.15) is 0 Å². The smallest absolute Gasteiger partial charge is 0.344 e. The van der Waals surface area contributed by atoms with Crippen molar-refractivity contribution in [2.75, 3.05) is 0 Å². The molecule has 0 amide bonds. The molecule has 0 unspecified atom stereocenters. The van der Waals surface area contributed by atoms with Crippen molar-refractivity contribution < 1.29 is 59.1 Å². The van der Waals surface area contributed by atoms with E-state index < -0.39 is 0 Å². The molecule has 0 aromatic rings. The maximum absolute atomic E-state index is 3.00. The van der Waals surface area contributed by atoms with Crippen LogP contribution in [0.4, 0.5) is 0 Å². The van der Waals surface area contributed by atoms with Gasteiger partial charge in [-0.25, -0.2) is 0 Å². The van der Waals surface area contributed by atoms with Crippen LogP contribution in [-0.2, 0) is 0 Å². The van der Waals surface area contributed by atoms with Gasteiger partial charge >= 0.3 is 59.1 Å². The van der Waals surface area contributed by atoms with E-state index in [1.165, 1.54) is 0 Å². The Morgan fingerprint density at radius 2 is 0.667 bits per heavy atom. The summed E-state index contributed by atoms with van der Waals surface area (Å²) in [6.45, 7) is 6.00. The van der Waals surface area contributed by atoms with Gasteiger partial charge in [0, 0.05) is 0 Å². The van der Waals surface area contributed by atoms with Gasteiger partial charge in [-0.1, -0.05) is 0 Å². The van der Waals surface area contributed by atoms with Crippen molar-refractivity contribution in [2.45, 2.75) is 0 Å². The van der Waals surface area contributed by atoms with E-state index in [9.17, 15) is 0 Å². The fourth-order valence-electron chi connectivity index (χ4n) is 0. The van der Waals surface area contributed by atoms with Gasteiger partial charge in [0.05, 0.1) is 0 Å². The van der Waals surface area contributed by atoms with Crippen molar-refractivity contribution in [3.8, 4) is 0 Å². The van der Waals surface area contributed by atoms with Crippen LogP contribution >= 0.6 is 0 Å². The third-order valence-corrected chi connectivity index (χ3v) is 0. The summed E-state index contributed by atoms with van der Waals surface area (Å²) in [6, 6.07) is 0. The maximum Gasteiger partial charge on any atom is 1.00 e. The van der Waals surface area contributed by atoms with Gasteiger partial charge in [0.15, 0.2) is 0 Å². The Balaban J connectivity index is -0.000000000833. The molecular formula is C2H10N2Na2+2. The molecule has 6 heavy (non-hydrogen) atoms. The minimum Gasteiger partial charge on any atom is -0.344 e. The van der Waals surface area contributed by atoms with Crippen molar-refractivity contribution in [1.82, 2.24) is 12.3 Å². The largest absolute Gasteiger partial charge is 1.00 e. The molecule has 0 heterocycles. The van der Waals surface area contributed by atoms with Gasteiger partial charge in [0.2, 0.25) is 0 Å². The molecule has 2 nitrogen and oxygen atoms in total. The molecule has 4 heteroatoms. The summed E-state index contributed by atoms with van der Waals surface area (Å²) in [7, 11) is 0. The summed E-state index contributed by atoms with van der Waals surface area (Å²) in [5.41, 5.74) is 0. The van der Waals surface area contributed by atoms with E-state index in [1.807, 2.05) is 0 Å². The summed E-state index contributed by atoms with van der Waals surface area (Å²) in [5, 5.41) is 0. The average molecular weight is 108 g/mol. The predicted molar refractivity (Wildman–Crippen MR) is 21.3 cm³/mol. The summed E-state index contributed by atoms with van der Waals surface area (Å²) >= 11 is 0. The second-order valence-corrected chi connectivity index (χ2v) is 0. The van der Waals surface area contributed by atoms with Crippen LogP contribution in [0.25, 0.3) is 0 Å². The molecule has 0 aromatic carbocycles. The molecule has 0 saturated heterocycles. The molecule has 0 spiro atoms. The first kappa shape index (κ1) is 48.0. The summed E-state index contributed by atoms with van der Waals surface area (Å²) in [6.07, 6.45) is 0. The molecule has 0 fully saturated rings. The molecule has 6 N–H and O–H groups in total. The van der Waals surface area contributed by atoms with Gasteiger partial charge in [0.25, 0.3) is 0 Å². The second kappa shape index (κ2) is 77.4. The Bertz CT molecular complexity index is 9.51.